The van der Waals surface area contributed by atoms with Gasteiger partial charge in [0.15, 0.2) is 5.69 Å². The van der Waals surface area contributed by atoms with Gasteiger partial charge in [0, 0.05) is 17.8 Å². The number of ether oxygens (including phenoxy) is 1. The van der Waals surface area contributed by atoms with Crippen molar-refractivity contribution in [3.05, 3.63) is 33.7 Å². The van der Waals surface area contributed by atoms with E-state index in [0.717, 1.165) is 10.0 Å². The van der Waals surface area contributed by atoms with E-state index >= 15 is 0 Å². The van der Waals surface area contributed by atoms with Crippen LogP contribution < -0.4 is 0 Å². The SMILES string of the molecule is COCc1nc2c(C)cc(Br)cn2c1C(=O)O. The lowest BCUT2D eigenvalue weighted by Gasteiger charge is -2.01. The molecule has 0 aliphatic carbocycles. The average molecular weight is 299 g/mol. The van der Waals surface area contributed by atoms with E-state index in [4.69, 9.17) is 4.74 Å². The van der Waals surface area contributed by atoms with Crippen molar-refractivity contribution in [2.75, 3.05) is 7.11 Å². The number of hydrogen-bond acceptors (Lipinski definition) is 3. The predicted octanol–water partition coefficient (Wildman–Crippen LogP) is 2.25. The molecule has 0 bridgehead atoms. The van der Waals surface area contributed by atoms with Gasteiger partial charge < -0.3 is 9.84 Å². The number of nitrogens with zero attached hydrogens (tertiary/aromatic N) is 2. The van der Waals surface area contributed by atoms with Crippen molar-refractivity contribution < 1.29 is 14.6 Å². The van der Waals surface area contributed by atoms with Crippen molar-refractivity contribution in [1.82, 2.24) is 9.38 Å². The molecule has 2 rings (SSSR count). The Balaban J connectivity index is 2.80. The normalized spacial score (nSPS) is 11.0. The fraction of sp³-hybridized carbons (Fsp3) is 0.273. The van der Waals surface area contributed by atoms with Crippen LogP contribution in [0.5, 0.6) is 0 Å². The van der Waals surface area contributed by atoms with Crippen LogP contribution in [0.1, 0.15) is 21.7 Å². The second-order valence-electron chi connectivity index (χ2n) is 3.68. The summed E-state index contributed by atoms with van der Waals surface area (Å²) in [6.07, 6.45) is 1.69. The molecule has 1 N–H and O–H groups in total. The lowest BCUT2D eigenvalue weighted by Crippen LogP contribution is -2.06. The molecule has 0 saturated carbocycles. The van der Waals surface area contributed by atoms with Crippen LogP contribution >= 0.6 is 15.9 Å². The van der Waals surface area contributed by atoms with Crippen LogP contribution in [0, 0.1) is 6.92 Å². The van der Waals surface area contributed by atoms with E-state index in [1.165, 1.54) is 7.11 Å². The van der Waals surface area contributed by atoms with E-state index in [1.54, 1.807) is 10.6 Å². The number of imidazole rings is 1. The fourth-order valence-electron chi connectivity index (χ4n) is 1.78. The van der Waals surface area contributed by atoms with Gasteiger partial charge in [-0.3, -0.25) is 4.40 Å². The molecule has 90 valence electrons. The van der Waals surface area contributed by atoms with Crippen molar-refractivity contribution in [2.45, 2.75) is 13.5 Å². The minimum Gasteiger partial charge on any atom is -0.477 e. The topological polar surface area (TPSA) is 63.8 Å². The van der Waals surface area contributed by atoms with Gasteiger partial charge >= 0.3 is 5.97 Å². The Morgan fingerprint density at radius 3 is 2.94 bits per heavy atom. The number of carbonyl (C=O) groups is 1. The number of carboxylic acids is 1. The van der Waals surface area contributed by atoms with Gasteiger partial charge in [-0.05, 0) is 34.5 Å². The number of fused-ring (bicyclic) bond motifs is 1. The van der Waals surface area contributed by atoms with Crippen LogP contribution in [0.2, 0.25) is 0 Å². The number of carboxylic acid groups (broad SMARTS) is 1. The number of methoxy groups -OCH3 is 1. The van der Waals surface area contributed by atoms with Crippen LogP contribution in [-0.4, -0.2) is 27.6 Å². The van der Waals surface area contributed by atoms with Gasteiger partial charge in [0.05, 0.1) is 6.61 Å². The Kier molecular flexibility index (Phi) is 3.17. The third kappa shape index (κ3) is 2.05. The van der Waals surface area contributed by atoms with E-state index < -0.39 is 5.97 Å². The molecule has 2 heterocycles. The first-order valence-corrected chi connectivity index (χ1v) is 5.73. The number of aromatic carboxylic acids is 1. The van der Waals surface area contributed by atoms with Gasteiger partial charge in [-0.25, -0.2) is 9.78 Å². The van der Waals surface area contributed by atoms with Gasteiger partial charge in [0.1, 0.15) is 11.3 Å². The molecular weight excluding hydrogens is 288 g/mol. The van der Waals surface area contributed by atoms with Crippen molar-refractivity contribution in [3.8, 4) is 0 Å². The highest BCUT2D eigenvalue weighted by Gasteiger charge is 2.19. The van der Waals surface area contributed by atoms with E-state index in [0.29, 0.717) is 11.3 Å². The van der Waals surface area contributed by atoms with Crippen molar-refractivity contribution in [3.63, 3.8) is 0 Å². The highest BCUT2D eigenvalue weighted by molar-refractivity contribution is 9.10. The largest absolute Gasteiger partial charge is 0.477 e. The van der Waals surface area contributed by atoms with Gasteiger partial charge in [0.25, 0.3) is 0 Å². The molecule has 0 radical (unpaired) electrons. The lowest BCUT2D eigenvalue weighted by atomic mass is 10.3. The summed E-state index contributed by atoms with van der Waals surface area (Å²) in [4.78, 5) is 15.6. The Hall–Kier alpha value is -1.40. The van der Waals surface area contributed by atoms with Gasteiger partial charge in [-0.2, -0.15) is 0 Å². The Labute approximate surface area is 106 Å². The number of pyridine rings is 1. The zero-order chi connectivity index (χ0) is 12.6. The third-order valence-electron chi connectivity index (χ3n) is 2.43. The number of aromatic nitrogens is 2. The Morgan fingerprint density at radius 2 is 2.35 bits per heavy atom. The van der Waals surface area contributed by atoms with E-state index in [1.807, 2.05) is 13.0 Å². The molecule has 0 saturated heterocycles. The molecule has 0 unspecified atom stereocenters. The second kappa shape index (κ2) is 4.46. The first-order chi connectivity index (χ1) is 8.04. The molecule has 2 aromatic heterocycles. The van der Waals surface area contributed by atoms with Crippen LogP contribution in [-0.2, 0) is 11.3 Å². The van der Waals surface area contributed by atoms with Crippen LogP contribution in [0.25, 0.3) is 5.65 Å². The number of aryl methyl sites for hydroxylation is 1. The van der Waals surface area contributed by atoms with E-state index in [9.17, 15) is 9.90 Å². The molecule has 0 spiro atoms. The highest BCUT2D eigenvalue weighted by Crippen LogP contribution is 2.21. The smallest absolute Gasteiger partial charge is 0.354 e. The van der Waals surface area contributed by atoms with Crippen molar-refractivity contribution >= 4 is 27.5 Å². The molecule has 0 atom stereocenters. The predicted molar refractivity (Wildman–Crippen MR) is 65.3 cm³/mol. The molecule has 2 aromatic rings. The van der Waals surface area contributed by atoms with E-state index in [2.05, 4.69) is 20.9 Å². The zero-order valence-electron chi connectivity index (χ0n) is 9.40. The molecule has 0 aliphatic heterocycles. The molecule has 5 nitrogen and oxygen atoms in total. The molecule has 0 aromatic carbocycles. The minimum absolute atomic E-state index is 0.145. The van der Waals surface area contributed by atoms with Crippen molar-refractivity contribution in [2.24, 2.45) is 0 Å². The lowest BCUT2D eigenvalue weighted by molar-refractivity contribution is 0.0683. The highest BCUT2D eigenvalue weighted by atomic mass is 79.9. The first-order valence-electron chi connectivity index (χ1n) is 4.94. The number of hydrogen-bond donors (Lipinski definition) is 1. The van der Waals surface area contributed by atoms with Gasteiger partial charge in [-0.1, -0.05) is 0 Å². The van der Waals surface area contributed by atoms with Gasteiger partial charge in [-0.15, -0.1) is 0 Å². The summed E-state index contributed by atoms with van der Waals surface area (Å²) in [5, 5.41) is 9.23. The van der Waals surface area contributed by atoms with Crippen LogP contribution in [0.3, 0.4) is 0 Å². The average Bonchev–Trinajstić information content (AvgIpc) is 2.57. The summed E-state index contributed by atoms with van der Waals surface area (Å²) >= 11 is 3.34. The molecular formula is C11H11BrN2O3. The molecule has 0 amide bonds. The number of halogens is 1. The summed E-state index contributed by atoms with van der Waals surface area (Å²) in [6.45, 7) is 2.07. The summed E-state index contributed by atoms with van der Waals surface area (Å²) in [5.41, 5.74) is 2.12. The van der Waals surface area contributed by atoms with E-state index in [-0.39, 0.29) is 12.3 Å². The van der Waals surface area contributed by atoms with Gasteiger partial charge in [0.2, 0.25) is 0 Å². The molecule has 0 aliphatic rings. The summed E-state index contributed by atoms with van der Waals surface area (Å²) < 4.78 is 7.34. The maximum Gasteiger partial charge on any atom is 0.354 e. The summed E-state index contributed by atoms with van der Waals surface area (Å²) in [6, 6.07) is 1.89. The Bertz CT molecular complexity index is 592. The maximum absolute atomic E-state index is 11.3. The monoisotopic (exact) mass is 298 g/mol. The molecule has 6 heteroatoms. The van der Waals surface area contributed by atoms with Crippen LogP contribution in [0.15, 0.2) is 16.7 Å². The first kappa shape index (κ1) is 12.1. The fourth-order valence-corrected chi connectivity index (χ4v) is 2.33. The second-order valence-corrected chi connectivity index (χ2v) is 4.60. The molecule has 0 fully saturated rings. The van der Waals surface area contributed by atoms with Crippen molar-refractivity contribution in [1.29, 1.82) is 0 Å². The minimum atomic E-state index is -1.01. The summed E-state index contributed by atoms with van der Waals surface area (Å²) in [7, 11) is 1.51. The third-order valence-corrected chi connectivity index (χ3v) is 2.86. The Morgan fingerprint density at radius 1 is 1.65 bits per heavy atom. The zero-order valence-corrected chi connectivity index (χ0v) is 11.0. The van der Waals surface area contributed by atoms with Crippen LogP contribution in [0.4, 0.5) is 0 Å². The summed E-state index contributed by atoms with van der Waals surface area (Å²) in [5.74, 6) is -1.01. The quantitative estimate of drug-likeness (QED) is 0.944. The molecule has 17 heavy (non-hydrogen) atoms. The maximum atomic E-state index is 11.3. The number of rotatable bonds is 3. The standard InChI is InChI=1S/C11H11BrN2O3/c1-6-3-7(12)4-14-9(11(15)16)8(5-17-2)13-10(6)14/h3-4H,5H2,1-2H3,(H,15,16).